The van der Waals surface area contributed by atoms with Gasteiger partial charge in [-0.3, -0.25) is 4.79 Å². The van der Waals surface area contributed by atoms with E-state index in [0.717, 1.165) is 16.9 Å². The summed E-state index contributed by atoms with van der Waals surface area (Å²) in [6, 6.07) is 13.1. The van der Waals surface area contributed by atoms with Gasteiger partial charge in [0.05, 0.1) is 21.3 Å². The summed E-state index contributed by atoms with van der Waals surface area (Å²) in [5, 5.41) is 0. The number of hydrogen-bond donors (Lipinski definition) is 0. The van der Waals surface area contributed by atoms with Gasteiger partial charge in [-0.1, -0.05) is 12.1 Å². The van der Waals surface area contributed by atoms with Crippen LogP contribution in [0.15, 0.2) is 48.5 Å². The van der Waals surface area contributed by atoms with Crippen LogP contribution in [-0.2, 0) is 11.3 Å². The van der Waals surface area contributed by atoms with Crippen molar-refractivity contribution in [3.8, 4) is 17.2 Å². The highest BCUT2D eigenvalue weighted by Crippen LogP contribution is 2.25. The number of nitrogens with zero attached hydrogens (tertiary/aromatic N) is 1. The molecule has 5 nitrogen and oxygen atoms in total. The fourth-order valence-corrected chi connectivity index (χ4v) is 2.34. The minimum absolute atomic E-state index is 0.0966. The molecule has 0 aliphatic rings. The van der Waals surface area contributed by atoms with E-state index in [9.17, 15) is 4.79 Å². The normalized spacial score (nSPS) is 10.6. The molecule has 0 aliphatic carbocycles. The van der Waals surface area contributed by atoms with Gasteiger partial charge < -0.3 is 19.1 Å². The summed E-state index contributed by atoms with van der Waals surface area (Å²) in [6.45, 7) is 0.516. The molecule has 2 aromatic rings. The molecule has 5 heteroatoms. The maximum Gasteiger partial charge on any atom is 0.246 e. The molecule has 132 valence electrons. The molecule has 0 heterocycles. The molecule has 1 amide bonds. The van der Waals surface area contributed by atoms with Gasteiger partial charge in [0.25, 0.3) is 0 Å². The van der Waals surface area contributed by atoms with Gasteiger partial charge in [-0.2, -0.15) is 0 Å². The first-order valence-electron chi connectivity index (χ1n) is 7.85. The van der Waals surface area contributed by atoms with Crippen LogP contribution in [0.4, 0.5) is 0 Å². The van der Waals surface area contributed by atoms with Gasteiger partial charge in [0.2, 0.25) is 5.91 Å². The smallest absolute Gasteiger partial charge is 0.246 e. The van der Waals surface area contributed by atoms with Gasteiger partial charge in [0.15, 0.2) is 0 Å². The Morgan fingerprint density at radius 2 is 1.60 bits per heavy atom. The SMILES string of the molecule is COc1ccc(CN(C)C(=O)/C=C/c2cc(OC)ccc2OC)cc1. The van der Waals surface area contributed by atoms with Crippen LogP contribution < -0.4 is 14.2 Å². The van der Waals surface area contributed by atoms with Crippen molar-refractivity contribution in [2.24, 2.45) is 0 Å². The van der Waals surface area contributed by atoms with E-state index in [4.69, 9.17) is 14.2 Å². The van der Waals surface area contributed by atoms with Crippen molar-refractivity contribution in [2.75, 3.05) is 28.4 Å². The first-order chi connectivity index (χ1) is 12.1. The summed E-state index contributed by atoms with van der Waals surface area (Å²) in [5.41, 5.74) is 1.82. The Kier molecular flexibility index (Phi) is 6.46. The summed E-state index contributed by atoms with van der Waals surface area (Å²) < 4.78 is 15.7. The monoisotopic (exact) mass is 341 g/mol. The second-order valence-corrected chi connectivity index (χ2v) is 5.48. The molecule has 0 bridgehead atoms. The summed E-state index contributed by atoms with van der Waals surface area (Å²) in [7, 11) is 6.59. The molecule has 0 atom stereocenters. The van der Waals surface area contributed by atoms with Crippen LogP contribution in [0.1, 0.15) is 11.1 Å². The van der Waals surface area contributed by atoms with Crippen molar-refractivity contribution >= 4 is 12.0 Å². The van der Waals surface area contributed by atoms with E-state index in [2.05, 4.69) is 0 Å². The molecule has 0 aliphatic heterocycles. The number of benzene rings is 2. The maximum absolute atomic E-state index is 12.3. The summed E-state index contributed by atoms with van der Waals surface area (Å²) in [6.07, 6.45) is 3.26. The highest BCUT2D eigenvalue weighted by Gasteiger charge is 2.07. The molecule has 0 saturated heterocycles. The molecular weight excluding hydrogens is 318 g/mol. The van der Waals surface area contributed by atoms with Crippen LogP contribution in [-0.4, -0.2) is 39.2 Å². The fraction of sp³-hybridized carbons (Fsp3) is 0.250. The van der Waals surface area contributed by atoms with Crippen molar-refractivity contribution < 1.29 is 19.0 Å². The maximum atomic E-state index is 12.3. The fourth-order valence-electron chi connectivity index (χ4n) is 2.34. The first-order valence-corrected chi connectivity index (χ1v) is 7.85. The summed E-state index contributed by atoms with van der Waals surface area (Å²) >= 11 is 0. The van der Waals surface area contributed by atoms with E-state index in [1.165, 1.54) is 6.08 Å². The third kappa shape index (κ3) is 5.01. The van der Waals surface area contributed by atoms with Crippen molar-refractivity contribution in [2.45, 2.75) is 6.54 Å². The lowest BCUT2D eigenvalue weighted by Crippen LogP contribution is -2.24. The van der Waals surface area contributed by atoms with Crippen LogP contribution in [0.5, 0.6) is 17.2 Å². The third-order valence-electron chi connectivity index (χ3n) is 3.80. The molecule has 0 radical (unpaired) electrons. The zero-order valence-corrected chi connectivity index (χ0v) is 15.0. The van der Waals surface area contributed by atoms with Crippen molar-refractivity contribution in [1.29, 1.82) is 0 Å². The molecule has 2 rings (SSSR count). The topological polar surface area (TPSA) is 48.0 Å². The first kappa shape index (κ1) is 18.4. The molecule has 0 saturated carbocycles. The molecule has 0 unspecified atom stereocenters. The van der Waals surface area contributed by atoms with Crippen molar-refractivity contribution in [3.63, 3.8) is 0 Å². The Hall–Kier alpha value is -2.95. The van der Waals surface area contributed by atoms with E-state index in [-0.39, 0.29) is 5.91 Å². The second kappa shape index (κ2) is 8.78. The Labute approximate surface area is 148 Å². The standard InChI is InChI=1S/C20H23NO4/c1-21(14-15-5-8-17(23-2)9-6-15)20(22)12-7-16-13-18(24-3)10-11-19(16)25-4/h5-13H,14H2,1-4H3/b12-7+. The van der Waals surface area contributed by atoms with Gasteiger partial charge in [-0.15, -0.1) is 0 Å². The molecule has 0 fully saturated rings. The van der Waals surface area contributed by atoms with E-state index in [1.54, 1.807) is 39.4 Å². The Morgan fingerprint density at radius 1 is 0.960 bits per heavy atom. The molecule has 25 heavy (non-hydrogen) atoms. The number of rotatable bonds is 7. The number of methoxy groups -OCH3 is 3. The van der Waals surface area contributed by atoms with Gasteiger partial charge in [-0.05, 0) is 42.0 Å². The number of carbonyl (C=O) groups excluding carboxylic acids is 1. The highest BCUT2D eigenvalue weighted by molar-refractivity contribution is 5.92. The Balaban J connectivity index is 2.05. The molecular formula is C20H23NO4. The van der Waals surface area contributed by atoms with E-state index < -0.39 is 0 Å². The largest absolute Gasteiger partial charge is 0.497 e. The van der Waals surface area contributed by atoms with Gasteiger partial charge in [-0.25, -0.2) is 0 Å². The van der Waals surface area contributed by atoms with Gasteiger partial charge >= 0.3 is 0 Å². The third-order valence-corrected chi connectivity index (χ3v) is 3.80. The lowest BCUT2D eigenvalue weighted by Gasteiger charge is -2.15. The number of hydrogen-bond acceptors (Lipinski definition) is 4. The van der Waals surface area contributed by atoms with Gasteiger partial charge in [0.1, 0.15) is 17.2 Å². The minimum Gasteiger partial charge on any atom is -0.497 e. The van der Waals surface area contributed by atoms with E-state index >= 15 is 0 Å². The Bertz CT molecular complexity index is 738. The summed E-state index contributed by atoms with van der Waals surface area (Å²) in [5.74, 6) is 2.09. The minimum atomic E-state index is -0.0966. The average Bonchev–Trinajstić information content (AvgIpc) is 2.66. The van der Waals surface area contributed by atoms with E-state index in [0.29, 0.717) is 18.0 Å². The van der Waals surface area contributed by atoms with Gasteiger partial charge in [0, 0.05) is 25.2 Å². The average molecular weight is 341 g/mol. The quantitative estimate of drug-likeness (QED) is 0.725. The van der Waals surface area contributed by atoms with Crippen LogP contribution in [0.25, 0.3) is 6.08 Å². The molecule has 0 N–H and O–H groups in total. The second-order valence-electron chi connectivity index (χ2n) is 5.48. The van der Waals surface area contributed by atoms with Crippen LogP contribution in [0, 0.1) is 0 Å². The molecule has 0 spiro atoms. The number of ether oxygens (including phenoxy) is 3. The molecule has 2 aromatic carbocycles. The highest BCUT2D eigenvalue weighted by atomic mass is 16.5. The van der Waals surface area contributed by atoms with Crippen molar-refractivity contribution in [3.05, 3.63) is 59.7 Å². The molecule has 0 aromatic heterocycles. The number of likely N-dealkylation sites (N-methyl/N-ethyl adjacent to an activating group) is 1. The predicted octanol–water partition coefficient (Wildman–Crippen LogP) is 3.38. The van der Waals surface area contributed by atoms with Crippen LogP contribution >= 0.6 is 0 Å². The lowest BCUT2D eigenvalue weighted by molar-refractivity contribution is -0.125. The zero-order valence-electron chi connectivity index (χ0n) is 15.0. The summed E-state index contributed by atoms with van der Waals surface area (Å²) in [4.78, 5) is 14.0. The number of carbonyl (C=O) groups is 1. The van der Waals surface area contributed by atoms with Crippen LogP contribution in [0.2, 0.25) is 0 Å². The Morgan fingerprint density at radius 3 is 2.20 bits per heavy atom. The number of amides is 1. The van der Waals surface area contributed by atoms with Crippen LogP contribution in [0.3, 0.4) is 0 Å². The van der Waals surface area contributed by atoms with E-state index in [1.807, 2.05) is 42.5 Å². The lowest BCUT2D eigenvalue weighted by atomic mass is 10.1. The van der Waals surface area contributed by atoms with Crippen molar-refractivity contribution in [1.82, 2.24) is 4.90 Å². The zero-order chi connectivity index (χ0) is 18.2. The predicted molar refractivity (Wildman–Crippen MR) is 98.0 cm³/mol.